The first kappa shape index (κ1) is 15.8. The number of thiophene rings is 1. The van der Waals surface area contributed by atoms with E-state index in [-0.39, 0.29) is 30.5 Å². The summed E-state index contributed by atoms with van der Waals surface area (Å²) in [5.41, 5.74) is 0.768. The molecule has 1 amide bonds. The average Bonchev–Trinajstić information content (AvgIpc) is 2.98. The molecule has 2 aromatic heterocycles. The average molecular weight is 346 g/mol. The van der Waals surface area contributed by atoms with Gasteiger partial charge in [0, 0.05) is 36.1 Å². The van der Waals surface area contributed by atoms with Gasteiger partial charge in [-0.3, -0.25) is 14.4 Å². The molecule has 0 bridgehead atoms. The Kier molecular flexibility index (Phi) is 4.39. The molecule has 128 valence electrons. The number of aliphatic hydroxyl groups excluding tert-OH is 1. The highest BCUT2D eigenvalue weighted by Gasteiger charge is 2.34. The molecule has 1 aliphatic carbocycles. The summed E-state index contributed by atoms with van der Waals surface area (Å²) in [5.74, 6) is 0.299. The molecule has 2 aliphatic rings. The number of rotatable bonds is 6. The lowest BCUT2D eigenvalue weighted by Gasteiger charge is -2.21. The van der Waals surface area contributed by atoms with Crippen molar-refractivity contribution in [3.63, 3.8) is 0 Å². The van der Waals surface area contributed by atoms with E-state index in [1.54, 1.807) is 17.5 Å². The van der Waals surface area contributed by atoms with Gasteiger partial charge in [0.15, 0.2) is 0 Å². The molecule has 1 aliphatic heterocycles. The normalized spacial score (nSPS) is 24.4. The summed E-state index contributed by atoms with van der Waals surface area (Å²) in [5, 5.41) is 19.1. The first-order valence-electron chi connectivity index (χ1n) is 8.45. The lowest BCUT2D eigenvalue weighted by atomic mass is 10.2. The molecular weight excluding hydrogens is 324 g/mol. The lowest BCUT2D eigenvalue weighted by molar-refractivity contribution is -0.117. The zero-order valence-electron chi connectivity index (χ0n) is 13.5. The highest BCUT2D eigenvalue weighted by Crippen LogP contribution is 2.31. The number of nitrogens with one attached hydrogen (secondary N) is 1. The highest BCUT2D eigenvalue weighted by atomic mass is 32.1. The first-order valence-corrected chi connectivity index (χ1v) is 9.33. The van der Waals surface area contributed by atoms with Gasteiger partial charge in [0.25, 0.3) is 0 Å². The third-order valence-corrected chi connectivity index (χ3v) is 5.71. The van der Waals surface area contributed by atoms with E-state index in [0.717, 1.165) is 38.0 Å². The smallest absolute Gasteiger partial charge is 0.227 e. The summed E-state index contributed by atoms with van der Waals surface area (Å²) in [7, 11) is 0. The number of carbonyl (C=O) groups is 1. The van der Waals surface area contributed by atoms with Gasteiger partial charge < -0.3 is 10.4 Å². The summed E-state index contributed by atoms with van der Waals surface area (Å²) in [6, 6.07) is 4.58. The van der Waals surface area contributed by atoms with Crippen molar-refractivity contribution < 1.29 is 9.90 Å². The molecule has 0 unspecified atom stereocenters. The maximum absolute atomic E-state index is 11.8. The molecule has 1 saturated heterocycles. The largest absolute Gasteiger partial charge is 0.395 e. The molecule has 4 rings (SSSR count). The van der Waals surface area contributed by atoms with Crippen molar-refractivity contribution in [1.29, 1.82) is 0 Å². The van der Waals surface area contributed by atoms with Crippen LogP contribution in [0.1, 0.15) is 30.2 Å². The van der Waals surface area contributed by atoms with Crippen LogP contribution in [0.4, 0.5) is 5.69 Å². The van der Waals surface area contributed by atoms with E-state index in [9.17, 15) is 9.90 Å². The van der Waals surface area contributed by atoms with Crippen LogP contribution in [0.5, 0.6) is 0 Å². The topological polar surface area (TPSA) is 70.4 Å². The lowest BCUT2D eigenvalue weighted by Crippen LogP contribution is -2.31. The van der Waals surface area contributed by atoms with Crippen molar-refractivity contribution in [2.75, 3.05) is 18.5 Å². The fourth-order valence-corrected chi connectivity index (χ4v) is 4.06. The van der Waals surface area contributed by atoms with Gasteiger partial charge in [-0.1, -0.05) is 6.07 Å². The van der Waals surface area contributed by atoms with Crippen molar-refractivity contribution in [3.8, 4) is 0 Å². The predicted octanol–water partition coefficient (Wildman–Crippen LogP) is 2.10. The summed E-state index contributed by atoms with van der Waals surface area (Å²) in [6.45, 7) is 1.89. The van der Waals surface area contributed by atoms with Crippen LogP contribution in [0, 0.1) is 5.92 Å². The van der Waals surface area contributed by atoms with Crippen molar-refractivity contribution in [1.82, 2.24) is 14.7 Å². The van der Waals surface area contributed by atoms with Crippen molar-refractivity contribution in [2.45, 2.75) is 37.9 Å². The van der Waals surface area contributed by atoms with E-state index in [1.165, 1.54) is 4.88 Å². The number of hydrogen-bond donors (Lipinski definition) is 2. The molecule has 2 aromatic rings. The van der Waals surface area contributed by atoms with Gasteiger partial charge in [-0.25, -0.2) is 0 Å². The Labute approximate surface area is 145 Å². The van der Waals surface area contributed by atoms with Crippen LogP contribution in [0.25, 0.3) is 0 Å². The summed E-state index contributed by atoms with van der Waals surface area (Å²) in [4.78, 5) is 15.5. The third kappa shape index (κ3) is 3.38. The zero-order chi connectivity index (χ0) is 16.5. The van der Waals surface area contributed by atoms with E-state index in [1.807, 2.05) is 10.9 Å². The van der Waals surface area contributed by atoms with Crippen LogP contribution in [0.2, 0.25) is 0 Å². The number of aromatic nitrogens is 2. The molecule has 6 nitrogen and oxygen atoms in total. The number of amides is 1. The quantitative estimate of drug-likeness (QED) is 0.840. The Bertz CT molecular complexity index is 695. The Balaban J connectivity index is 1.40. The minimum atomic E-state index is 0.105. The fraction of sp³-hybridized carbons (Fsp3) is 0.529. The first-order chi connectivity index (χ1) is 11.7. The molecule has 0 aromatic carbocycles. The van der Waals surface area contributed by atoms with Crippen LogP contribution in [-0.4, -0.2) is 44.9 Å². The predicted molar refractivity (Wildman–Crippen MR) is 92.8 cm³/mol. The number of anilines is 1. The van der Waals surface area contributed by atoms with Gasteiger partial charge in [-0.15, -0.1) is 11.3 Å². The minimum absolute atomic E-state index is 0.105. The third-order valence-electron chi connectivity index (χ3n) is 4.85. The van der Waals surface area contributed by atoms with Gasteiger partial charge in [-0.05, 0) is 30.7 Å². The maximum Gasteiger partial charge on any atom is 0.227 e. The Hall–Kier alpha value is -1.70. The van der Waals surface area contributed by atoms with Gasteiger partial charge in [0.1, 0.15) is 0 Å². The number of hydrogen-bond acceptors (Lipinski definition) is 5. The molecule has 0 spiro atoms. The standard InChI is InChI=1S/C17H22N4O2S/c22-11-15-6-14(9-20(15)10-16-2-1-5-24-16)21-8-13(7-18-21)19-17(23)12-3-4-12/h1-2,5,7-8,12,14-15,22H,3-4,6,9-11H2,(H,19,23)/t14-,15-/m0/s1. The monoisotopic (exact) mass is 346 g/mol. The van der Waals surface area contributed by atoms with Gasteiger partial charge in [0.05, 0.1) is 24.5 Å². The van der Waals surface area contributed by atoms with E-state index in [4.69, 9.17) is 0 Å². The van der Waals surface area contributed by atoms with Crippen molar-refractivity contribution >= 4 is 22.9 Å². The van der Waals surface area contributed by atoms with Gasteiger partial charge in [0.2, 0.25) is 5.91 Å². The molecule has 2 fully saturated rings. The molecule has 2 atom stereocenters. The number of aliphatic hydroxyl groups is 1. The van der Waals surface area contributed by atoms with E-state index in [0.29, 0.717) is 0 Å². The fourth-order valence-electron chi connectivity index (χ4n) is 3.33. The van der Waals surface area contributed by atoms with E-state index >= 15 is 0 Å². The summed E-state index contributed by atoms with van der Waals surface area (Å²) >= 11 is 1.75. The Morgan fingerprint density at radius 1 is 1.46 bits per heavy atom. The molecule has 2 N–H and O–H groups in total. The second-order valence-electron chi connectivity index (χ2n) is 6.71. The van der Waals surface area contributed by atoms with Gasteiger partial charge >= 0.3 is 0 Å². The highest BCUT2D eigenvalue weighted by molar-refractivity contribution is 7.09. The van der Waals surface area contributed by atoms with Crippen LogP contribution in [-0.2, 0) is 11.3 Å². The number of likely N-dealkylation sites (tertiary alicyclic amines) is 1. The van der Waals surface area contributed by atoms with E-state index < -0.39 is 0 Å². The Morgan fingerprint density at radius 2 is 2.33 bits per heavy atom. The van der Waals surface area contributed by atoms with Crippen LogP contribution in [0.3, 0.4) is 0 Å². The zero-order valence-corrected chi connectivity index (χ0v) is 14.3. The second kappa shape index (κ2) is 6.66. The van der Waals surface area contributed by atoms with Gasteiger partial charge in [-0.2, -0.15) is 5.10 Å². The Morgan fingerprint density at radius 3 is 3.04 bits per heavy atom. The van der Waals surface area contributed by atoms with Crippen LogP contribution in [0.15, 0.2) is 29.9 Å². The SMILES string of the molecule is O=C(Nc1cnn([C@H]2C[C@@H](CO)N(Cc3cccs3)C2)c1)C1CC1. The van der Waals surface area contributed by atoms with Crippen molar-refractivity contribution in [2.24, 2.45) is 5.92 Å². The molecular formula is C17H22N4O2S. The molecule has 3 heterocycles. The second-order valence-corrected chi connectivity index (χ2v) is 7.74. The molecule has 24 heavy (non-hydrogen) atoms. The van der Waals surface area contributed by atoms with E-state index in [2.05, 4.69) is 32.8 Å². The van der Waals surface area contributed by atoms with Crippen LogP contribution >= 0.6 is 11.3 Å². The number of carbonyl (C=O) groups excluding carboxylic acids is 1. The number of nitrogens with zero attached hydrogens (tertiary/aromatic N) is 3. The molecule has 0 radical (unpaired) electrons. The van der Waals surface area contributed by atoms with Crippen LogP contribution < -0.4 is 5.32 Å². The molecule has 7 heteroatoms. The molecule has 1 saturated carbocycles. The van der Waals surface area contributed by atoms with Crippen molar-refractivity contribution in [3.05, 3.63) is 34.8 Å². The minimum Gasteiger partial charge on any atom is -0.395 e. The maximum atomic E-state index is 11.8. The summed E-state index contributed by atoms with van der Waals surface area (Å²) in [6.07, 6.45) is 6.50. The summed E-state index contributed by atoms with van der Waals surface area (Å²) < 4.78 is 1.93.